The van der Waals surface area contributed by atoms with Crippen molar-refractivity contribution in [1.82, 2.24) is 0 Å². The summed E-state index contributed by atoms with van der Waals surface area (Å²) >= 11 is 4.66. The molecule has 14 heteroatoms. The Labute approximate surface area is 300 Å². The molecule has 10 nitrogen and oxygen atoms in total. The lowest BCUT2D eigenvalue weighted by atomic mass is 10.0. The van der Waals surface area contributed by atoms with Crippen molar-refractivity contribution in [2.75, 3.05) is 39.6 Å². The quantitative estimate of drug-likeness (QED) is 0.0576. The van der Waals surface area contributed by atoms with Gasteiger partial charge in [-0.1, -0.05) is 113 Å². The standard InChI is InChI=1S/C34H44N2O8S4/c1-6-10-12-21(8-3)19-43-31(39)23(18-35)33-45-27-25(41-16-14-37)29-30(26(28(27)46-33)42-17-15-38)48-34(47-29)24(36-5)32(40)44-20-22(9-4)13-11-7-2/h21-22,37-38H,6-17,19-20H2,1-4H3. The summed E-state index contributed by atoms with van der Waals surface area (Å²) in [5.41, 5.74) is -0.274. The van der Waals surface area contributed by atoms with Gasteiger partial charge in [-0.15, -0.1) is 0 Å². The van der Waals surface area contributed by atoms with Gasteiger partial charge in [0.15, 0.2) is 5.57 Å². The maximum Gasteiger partial charge on any atom is 0.350 e. The Kier molecular flexibility index (Phi) is 17.4. The maximum absolute atomic E-state index is 13.2. The number of nitrogens with zero attached hydrogens (tertiary/aromatic N) is 2. The van der Waals surface area contributed by atoms with Crippen LogP contribution >= 0.6 is 47.0 Å². The number of ether oxygens (including phenoxy) is 4. The minimum absolute atomic E-state index is 0.0402. The number of esters is 2. The monoisotopic (exact) mass is 736 g/mol. The van der Waals surface area contributed by atoms with E-state index in [1.807, 2.05) is 6.07 Å². The van der Waals surface area contributed by atoms with E-state index in [0.717, 1.165) is 74.9 Å². The van der Waals surface area contributed by atoms with Crippen molar-refractivity contribution >= 4 is 59.0 Å². The molecule has 0 saturated heterocycles. The molecule has 1 aromatic rings. The summed E-state index contributed by atoms with van der Waals surface area (Å²) in [7, 11) is 0. The Morgan fingerprint density at radius 3 is 1.58 bits per heavy atom. The first-order valence-corrected chi connectivity index (χ1v) is 19.6. The van der Waals surface area contributed by atoms with Crippen molar-refractivity contribution in [2.45, 2.75) is 98.6 Å². The number of hydrogen-bond donors (Lipinski definition) is 2. The van der Waals surface area contributed by atoms with Crippen LogP contribution in [0.25, 0.3) is 4.85 Å². The molecule has 2 aliphatic heterocycles. The Morgan fingerprint density at radius 2 is 1.21 bits per heavy atom. The van der Waals surface area contributed by atoms with Gasteiger partial charge in [0.2, 0.25) is 0 Å². The van der Waals surface area contributed by atoms with E-state index in [4.69, 9.17) is 25.5 Å². The molecule has 2 unspecified atom stereocenters. The first kappa shape index (κ1) is 40.0. The van der Waals surface area contributed by atoms with Gasteiger partial charge in [-0.05, 0) is 24.7 Å². The molecule has 0 aliphatic carbocycles. The van der Waals surface area contributed by atoms with Crippen LogP contribution in [0, 0.1) is 29.7 Å². The molecule has 262 valence electrons. The summed E-state index contributed by atoms with van der Waals surface area (Å²) in [6, 6.07) is 2.02. The molecular weight excluding hydrogens is 693 g/mol. The van der Waals surface area contributed by atoms with Crippen LogP contribution in [-0.4, -0.2) is 61.8 Å². The first-order chi connectivity index (χ1) is 23.3. The molecule has 48 heavy (non-hydrogen) atoms. The van der Waals surface area contributed by atoms with Crippen molar-refractivity contribution in [3.8, 4) is 17.6 Å². The van der Waals surface area contributed by atoms with Crippen LogP contribution in [0.3, 0.4) is 0 Å². The highest BCUT2D eigenvalue weighted by Crippen LogP contribution is 2.68. The van der Waals surface area contributed by atoms with Crippen LogP contribution < -0.4 is 9.47 Å². The highest BCUT2D eigenvalue weighted by molar-refractivity contribution is 8.26. The fourth-order valence-electron chi connectivity index (χ4n) is 4.83. The van der Waals surface area contributed by atoms with E-state index in [-0.39, 0.29) is 62.7 Å². The SMILES string of the molecule is [C-]#[N+]C(C(=O)OCC(CC)CCCC)=C1Sc2c(OCCO)c3c(c(OCCO)c2S1)SC(=C(C#N)C(=O)OCC(CC)CCCC)S3. The van der Waals surface area contributed by atoms with E-state index in [1.165, 1.54) is 23.5 Å². The van der Waals surface area contributed by atoms with Gasteiger partial charge in [-0.2, -0.15) is 5.26 Å². The van der Waals surface area contributed by atoms with Gasteiger partial charge in [0.1, 0.15) is 30.8 Å². The summed E-state index contributed by atoms with van der Waals surface area (Å²) < 4.78 is 24.1. The number of nitriles is 1. The topological polar surface area (TPSA) is 140 Å². The van der Waals surface area contributed by atoms with E-state index in [0.29, 0.717) is 39.6 Å². The van der Waals surface area contributed by atoms with E-state index < -0.39 is 11.9 Å². The van der Waals surface area contributed by atoms with Crippen molar-refractivity contribution in [3.63, 3.8) is 0 Å². The number of carbonyl (C=O) groups excluding carboxylic acids is 2. The molecule has 0 aromatic heterocycles. The van der Waals surface area contributed by atoms with Crippen LogP contribution in [0.2, 0.25) is 0 Å². The molecule has 0 radical (unpaired) electrons. The molecule has 0 fully saturated rings. The molecular formula is C34H44N2O8S4. The number of thioether (sulfide) groups is 4. The van der Waals surface area contributed by atoms with Crippen molar-refractivity contribution < 1.29 is 38.7 Å². The largest absolute Gasteiger partial charge is 0.489 e. The predicted octanol–water partition coefficient (Wildman–Crippen LogP) is 8.17. The molecule has 3 rings (SSSR count). The van der Waals surface area contributed by atoms with Gasteiger partial charge in [-0.25, -0.2) is 9.64 Å². The number of carbonyl (C=O) groups is 2. The number of hydrogen-bond acceptors (Lipinski definition) is 13. The van der Waals surface area contributed by atoms with Crippen molar-refractivity contribution in [2.24, 2.45) is 11.8 Å². The smallest absolute Gasteiger partial charge is 0.350 e. The van der Waals surface area contributed by atoms with Crippen molar-refractivity contribution in [1.29, 1.82) is 5.26 Å². The van der Waals surface area contributed by atoms with E-state index in [9.17, 15) is 25.1 Å². The fraction of sp³-hybridized carbons (Fsp3) is 0.588. The third-order valence-electron chi connectivity index (χ3n) is 7.70. The molecule has 0 amide bonds. The second-order valence-electron chi connectivity index (χ2n) is 11.1. The molecule has 2 aliphatic rings. The number of rotatable bonds is 20. The Balaban J connectivity index is 2.00. The molecule has 2 N–H and O–H groups in total. The average molecular weight is 737 g/mol. The highest BCUT2D eigenvalue weighted by atomic mass is 32.2. The number of fused-ring (bicyclic) bond motifs is 2. The third-order valence-corrected chi connectivity index (χ3v) is 12.9. The van der Waals surface area contributed by atoms with E-state index in [2.05, 4.69) is 32.5 Å². The number of aliphatic hydroxyl groups is 2. The molecule has 1 aromatic carbocycles. The van der Waals surface area contributed by atoms with E-state index in [1.54, 1.807) is 0 Å². The van der Waals surface area contributed by atoms with Gasteiger partial charge in [0, 0.05) is 0 Å². The summed E-state index contributed by atoms with van der Waals surface area (Å²) in [6.07, 6.45) is 7.77. The summed E-state index contributed by atoms with van der Waals surface area (Å²) in [4.78, 5) is 32.1. The van der Waals surface area contributed by atoms with Crippen LogP contribution in [0.4, 0.5) is 0 Å². The Bertz CT molecular complexity index is 1300. The van der Waals surface area contributed by atoms with Gasteiger partial charge in [0.05, 0.1) is 61.1 Å². The molecule has 0 saturated carbocycles. The normalized spacial score (nSPS) is 14.3. The number of unbranched alkanes of at least 4 members (excludes halogenated alkanes) is 2. The van der Waals surface area contributed by atoms with Crippen LogP contribution in [0.15, 0.2) is 39.3 Å². The lowest BCUT2D eigenvalue weighted by Crippen LogP contribution is -2.15. The van der Waals surface area contributed by atoms with Gasteiger partial charge in [0.25, 0.3) is 5.70 Å². The zero-order chi connectivity index (χ0) is 35.1. The number of benzene rings is 1. The predicted molar refractivity (Wildman–Crippen MR) is 190 cm³/mol. The minimum Gasteiger partial charge on any atom is -0.489 e. The zero-order valence-electron chi connectivity index (χ0n) is 27.9. The molecule has 0 spiro atoms. The minimum atomic E-state index is -0.701. The van der Waals surface area contributed by atoms with Gasteiger partial charge < -0.3 is 29.2 Å². The average Bonchev–Trinajstić information content (AvgIpc) is 3.72. The van der Waals surface area contributed by atoms with Gasteiger partial charge in [-0.3, -0.25) is 4.79 Å². The zero-order valence-corrected chi connectivity index (χ0v) is 31.2. The fourth-order valence-corrected chi connectivity index (χ4v) is 10.2. The highest BCUT2D eigenvalue weighted by Gasteiger charge is 2.40. The second-order valence-corrected chi connectivity index (χ2v) is 15.7. The second kappa shape index (κ2) is 20.9. The van der Waals surface area contributed by atoms with Crippen molar-refractivity contribution in [3.05, 3.63) is 31.2 Å². The maximum atomic E-state index is 13.2. The molecule has 2 atom stereocenters. The lowest BCUT2D eigenvalue weighted by molar-refractivity contribution is -0.141. The van der Waals surface area contributed by atoms with Gasteiger partial charge >= 0.3 is 11.9 Å². The summed E-state index contributed by atoms with van der Waals surface area (Å²) in [5, 5.41) is 29.3. The summed E-state index contributed by atoms with van der Waals surface area (Å²) in [5.74, 6) is -0.212. The Hall–Kier alpha value is -2.46. The summed E-state index contributed by atoms with van der Waals surface area (Å²) in [6.45, 7) is 16.0. The molecule has 0 bridgehead atoms. The van der Waals surface area contributed by atoms with Crippen LogP contribution in [0.5, 0.6) is 11.5 Å². The van der Waals surface area contributed by atoms with Crippen LogP contribution in [0.1, 0.15) is 79.1 Å². The van der Waals surface area contributed by atoms with E-state index >= 15 is 0 Å². The Morgan fingerprint density at radius 1 is 0.771 bits per heavy atom. The molecule has 2 heterocycles. The number of aliphatic hydroxyl groups excluding tert-OH is 2. The third kappa shape index (κ3) is 10.3. The van der Waals surface area contributed by atoms with Crippen LogP contribution in [-0.2, 0) is 19.1 Å². The first-order valence-electron chi connectivity index (χ1n) is 16.3. The lowest BCUT2D eigenvalue weighted by Gasteiger charge is -2.17.